The lowest BCUT2D eigenvalue weighted by molar-refractivity contribution is 0.490. The molecule has 22 rings (SSSR count). The molecule has 0 N–H and O–H groups in total. The Hall–Kier alpha value is -13.4. The minimum atomic E-state index is -0.681. The summed E-state index contributed by atoms with van der Waals surface area (Å²) in [6, 6.07) is 140. The maximum atomic E-state index is 2.56. The van der Waals surface area contributed by atoms with Crippen molar-refractivity contribution >= 4 is 58.4 Å². The molecule has 1 unspecified atom stereocenters. The van der Waals surface area contributed by atoms with Crippen LogP contribution in [0.2, 0.25) is 0 Å². The lowest BCUT2D eigenvalue weighted by Crippen LogP contribution is -2.30. The van der Waals surface area contributed by atoms with E-state index in [-0.39, 0.29) is 16.2 Å². The van der Waals surface area contributed by atoms with Crippen LogP contribution in [0.15, 0.2) is 364 Å². The summed E-state index contributed by atoms with van der Waals surface area (Å²) in [5.41, 5.74) is 44.5. The van der Waals surface area contributed by atoms with Crippen molar-refractivity contribution in [2.45, 2.75) is 107 Å². The highest BCUT2D eigenvalue weighted by molar-refractivity contribution is 5.99. The third-order valence-corrected chi connectivity index (χ3v) is 28.9. The molecule has 2 aliphatic heterocycles. The molecule has 0 bridgehead atoms. The van der Waals surface area contributed by atoms with Gasteiger partial charge in [-0.2, -0.15) is 0 Å². The van der Waals surface area contributed by atoms with E-state index in [9.17, 15) is 0 Å². The summed E-state index contributed by atoms with van der Waals surface area (Å²) in [7, 11) is 0. The largest absolute Gasteiger partial charge is 0.310 e. The molecule has 16 aromatic rings. The average Bonchev–Trinajstić information content (AvgIpc) is 1.54. The Labute approximate surface area is 701 Å². The fourth-order valence-electron chi connectivity index (χ4n) is 23.2. The molecular formula is C117H94N2. The van der Waals surface area contributed by atoms with Crippen LogP contribution in [-0.4, -0.2) is 0 Å². The van der Waals surface area contributed by atoms with Crippen LogP contribution in [0.1, 0.15) is 178 Å². The van der Waals surface area contributed by atoms with Crippen molar-refractivity contribution in [2.75, 3.05) is 9.80 Å². The second kappa shape index (κ2) is 27.9. The number of benzene rings is 16. The van der Waals surface area contributed by atoms with Gasteiger partial charge in [0.05, 0.1) is 22.2 Å². The van der Waals surface area contributed by atoms with Crippen LogP contribution in [0.5, 0.6) is 0 Å². The summed E-state index contributed by atoms with van der Waals surface area (Å²) >= 11 is 0. The average molecular weight is 1530 g/mol. The summed E-state index contributed by atoms with van der Waals surface area (Å²) in [5.74, 6) is 0. The van der Waals surface area contributed by atoms with Crippen molar-refractivity contribution in [3.8, 4) is 55.6 Å². The number of fused-ring (bicyclic) bond motifs is 16. The molecule has 0 radical (unpaired) electrons. The molecule has 6 aliphatic rings. The Morgan fingerprint density at radius 3 is 1.13 bits per heavy atom. The summed E-state index contributed by atoms with van der Waals surface area (Å²) in [6.07, 6.45) is 15.6. The van der Waals surface area contributed by atoms with E-state index in [1.54, 1.807) is 0 Å². The lowest BCUT2D eigenvalue weighted by atomic mass is 9.66. The second-order valence-corrected chi connectivity index (χ2v) is 34.4. The Bertz CT molecular complexity index is 6700. The van der Waals surface area contributed by atoms with E-state index in [1.807, 2.05) is 0 Å². The van der Waals surface area contributed by atoms with Crippen LogP contribution in [0, 0.1) is 0 Å². The van der Waals surface area contributed by atoms with Crippen molar-refractivity contribution in [3.05, 3.63) is 475 Å². The monoisotopic (exact) mass is 1530 g/mol. The molecule has 0 saturated carbocycles. The van der Waals surface area contributed by atoms with Crippen molar-refractivity contribution in [1.82, 2.24) is 0 Å². The first-order valence-corrected chi connectivity index (χ1v) is 43.2. The predicted octanol–water partition coefficient (Wildman–Crippen LogP) is 30.3. The number of aryl methyl sites for hydroxylation is 2. The molecule has 0 fully saturated rings. The van der Waals surface area contributed by atoms with Crippen LogP contribution in [0.3, 0.4) is 0 Å². The zero-order valence-electron chi connectivity index (χ0n) is 68.6. The van der Waals surface area contributed by atoms with Gasteiger partial charge in [0.15, 0.2) is 0 Å². The van der Waals surface area contributed by atoms with E-state index < -0.39 is 10.8 Å². The molecule has 0 spiro atoms. The quantitative estimate of drug-likeness (QED) is 0.0944. The van der Waals surface area contributed by atoms with Gasteiger partial charge in [-0.15, -0.1) is 0 Å². The molecule has 1 atom stereocenters. The second-order valence-electron chi connectivity index (χ2n) is 34.4. The van der Waals surface area contributed by atoms with Gasteiger partial charge in [-0.3, -0.25) is 0 Å². The molecule has 572 valence electrons. The number of para-hydroxylation sites is 4. The van der Waals surface area contributed by atoms with Crippen molar-refractivity contribution in [2.24, 2.45) is 0 Å². The predicted molar refractivity (Wildman–Crippen MR) is 500 cm³/mol. The minimum Gasteiger partial charge on any atom is -0.310 e. The summed E-state index contributed by atoms with van der Waals surface area (Å²) in [5, 5.41) is 0. The third-order valence-electron chi connectivity index (χ3n) is 28.9. The molecule has 0 aromatic heterocycles. The van der Waals surface area contributed by atoms with Crippen molar-refractivity contribution in [3.63, 3.8) is 0 Å². The van der Waals surface area contributed by atoms with Crippen LogP contribution >= 0.6 is 0 Å². The van der Waals surface area contributed by atoms with Gasteiger partial charge < -0.3 is 9.80 Å². The number of rotatable bonds is 15. The van der Waals surface area contributed by atoms with E-state index in [0.717, 1.165) is 44.1 Å². The fourth-order valence-corrected chi connectivity index (χ4v) is 23.2. The van der Waals surface area contributed by atoms with Crippen LogP contribution in [0.25, 0.3) is 79.9 Å². The first-order chi connectivity index (χ1) is 58.5. The summed E-state index contributed by atoms with van der Waals surface area (Å²) in [6.45, 7) is 14.4. The molecule has 119 heavy (non-hydrogen) atoms. The maximum Gasteiger partial charge on any atom is 0.0713 e. The molecule has 2 heteroatoms. The van der Waals surface area contributed by atoms with E-state index in [4.69, 9.17) is 0 Å². The molecule has 16 aromatic carbocycles. The van der Waals surface area contributed by atoms with Gasteiger partial charge >= 0.3 is 0 Å². The van der Waals surface area contributed by atoms with Crippen LogP contribution in [-0.2, 0) is 39.9 Å². The summed E-state index contributed by atoms with van der Waals surface area (Å²) in [4.78, 5) is 5.06. The zero-order valence-corrected chi connectivity index (χ0v) is 68.6. The highest BCUT2D eigenvalue weighted by atomic mass is 15.2. The first kappa shape index (κ1) is 72.1. The van der Waals surface area contributed by atoms with Gasteiger partial charge in [0.25, 0.3) is 0 Å². The molecule has 0 saturated heterocycles. The third kappa shape index (κ3) is 10.5. The van der Waals surface area contributed by atoms with E-state index in [2.05, 4.69) is 440 Å². The summed E-state index contributed by atoms with van der Waals surface area (Å²) < 4.78 is 0. The normalized spacial score (nSPS) is 16.4. The molecular weight excluding hydrogens is 1430 g/mol. The van der Waals surface area contributed by atoms with Crippen LogP contribution in [0.4, 0.5) is 34.1 Å². The van der Waals surface area contributed by atoms with Crippen molar-refractivity contribution < 1.29 is 0 Å². The number of hydrogen-bond acceptors (Lipinski definition) is 2. The topological polar surface area (TPSA) is 6.48 Å². The minimum absolute atomic E-state index is 0.133. The van der Waals surface area contributed by atoms with E-state index in [1.165, 1.54) is 195 Å². The first-order valence-electron chi connectivity index (χ1n) is 43.2. The Kier molecular flexibility index (Phi) is 16.9. The number of anilines is 6. The number of hydrogen-bond donors (Lipinski definition) is 0. The Morgan fingerprint density at radius 1 is 0.252 bits per heavy atom. The lowest BCUT2D eigenvalue weighted by Gasteiger charge is -2.42. The number of nitrogens with zero attached hydrogens (tertiary/aromatic N) is 2. The molecule has 2 heterocycles. The fraction of sp³-hybridized carbons (Fsp3) is 0.145. The SMILES string of the molecule is CCC1(CC)c2cc(C=Cc3cc(-c4cccc(C5(c6ccccc6)c6ccccc6-c6c(C=Cc7ccc8c(c7)C(CC)(CC)c7cc(N9c%10ccccc%10C(C)(C)c%10ccccc%109)ccc7-8)cccc65)c4)cc4c3-c3ccccc3C4(c3ccccc3)c3ccccc3)ccc2-c2ccc(N3c4ccccc4CCc4ccccc43)cc21. The van der Waals surface area contributed by atoms with Gasteiger partial charge in [-0.1, -0.05) is 363 Å². The van der Waals surface area contributed by atoms with Crippen molar-refractivity contribution in [1.29, 1.82) is 0 Å². The Morgan fingerprint density at radius 2 is 0.630 bits per heavy atom. The van der Waals surface area contributed by atoms with Crippen LogP contribution < -0.4 is 9.80 Å². The molecule has 0 amide bonds. The van der Waals surface area contributed by atoms with Gasteiger partial charge in [0.2, 0.25) is 0 Å². The van der Waals surface area contributed by atoms with Gasteiger partial charge in [-0.25, -0.2) is 0 Å². The van der Waals surface area contributed by atoms with Gasteiger partial charge in [-0.05, 0) is 272 Å². The van der Waals surface area contributed by atoms with E-state index in [0.29, 0.717) is 0 Å². The Balaban J connectivity index is 0.666. The highest BCUT2D eigenvalue weighted by Crippen LogP contribution is 2.63. The smallest absolute Gasteiger partial charge is 0.0713 e. The maximum absolute atomic E-state index is 2.56. The van der Waals surface area contributed by atoms with E-state index >= 15 is 0 Å². The molecule has 4 aliphatic carbocycles. The zero-order chi connectivity index (χ0) is 79.9. The van der Waals surface area contributed by atoms with Gasteiger partial charge in [0, 0.05) is 39.0 Å². The highest BCUT2D eigenvalue weighted by Gasteiger charge is 2.51. The standard InChI is InChI=1S/C117H94N2/c1-7-114(8-2)103-71-78(59-67-92(103)93-68-64-89(75-104(93)114)118-107-52-28-20-34-79(107)62-63-80-35-21-29-53-108(80)118)57-61-83-72-84(74-106-112(83)96-46-23-24-47-97(96)116(106,85-38-14-11-15-39-85)86-40-16-12-17-41-86)82-37-32-44-88(73-82)117(87-42-18-13-19-43-87)98-48-25-22-45-95(98)111-81(36-33-51-101(111)117)60-56-77-58-66-91-94-69-65-90(76-105(94)115(9-3,10-4)102(91)70-77)119-109-54-30-26-49-99(109)113(5,6)100-50-27-31-55-110(100)119/h11-61,64-76H,7-10,62-63H2,1-6H3. The van der Waals surface area contributed by atoms with Gasteiger partial charge in [0.1, 0.15) is 0 Å². The molecule has 2 nitrogen and oxygen atoms in total.